The average Bonchev–Trinajstić information content (AvgIpc) is 2.77. The first kappa shape index (κ1) is 11.5. The van der Waals surface area contributed by atoms with E-state index in [1.165, 1.54) is 9.70 Å². The highest BCUT2D eigenvalue weighted by molar-refractivity contribution is 6.06. The van der Waals surface area contributed by atoms with Crippen LogP contribution in [0.4, 0.5) is 4.79 Å². The molecule has 1 N–H and O–H groups in total. The third-order valence-corrected chi connectivity index (χ3v) is 3.09. The third-order valence-electron chi connectivity index (χ3n) is 3.09. The Morgan fingerprint density at radius 3 is 2.65 bits per heavy atom. The number of amides is 3. The molecule has 0 bridgehead atoms. The highest BCUT2D eigenvalue weighted by atomic mass is 16.2. The first-order valence-electron chi connectivity index (χ1n) is 5.33. The molecule has 0 aliphatic carbocycles. The molecule has 0 saturated carbocycles. The quantitative estimate of drug-likeness (QED) is 0.712. The highest BCUT2D eigenvalue weighted by Crippen LogP contribution is 2.26. The number of imide groups is 1. The zero-order chi connectivity index (χ0) is 12.6. The van der Waals surface area contributed by atoms with Gasteiger partial charge in [-0.15, -0.1) is 10.2 Å². The number of aryl methyl sites for hydroxylation is 1. The van der Waals surface area contributed by atoms with E-state index in [9.17, 15) is 9.59 Å². The van der Waals surface area contributed by atoms with Crippen molar-refractivity contribution in [3.63, 3.8) is 0 Å². The van der Waals surface area contributed by atoms with E-state index < -0.39 is 11.6 Å². The van der Waals surface area contributed by atoms with Gasteiger partial charge in [0.25, 0.3) is 5.91 Å². The Hall–Kier alpha value is -1.99. The molecule has 1 fully saturated rings. The Kier molecular flexibility index (Phi) is 2.56. The molecule has 0 spiro atoms. The van der Waals surface area contributed by atoms with E-state index in [1.807, 2.05) is 6.92 Å². The molecule has 3 amide bonds. The predicted octanol–water partition coefficient (Wildman–Crippen LogP) is -0.569. The van der Waals surface area contributed by atoms with Gasteiger partial charge in [0, 0.05) is 0 Å². The molecule has 1 saturated heterocycles. The number of carbonyl (C=O) groups is 2. The molecule has 0 aromatic carbocycles. The van der Waals surface area contributed by atoms with Gasteiger partial charge in [0.1, 0.15) is 5.54 Å². The molecule has 92 valence electrons. The fourth-order valence-electron chi connectivity index (χ4n) is 1.77. The molecule has 8 heteroatoms. The van der Waals surface area contributed by atoms with Crippen molar-refractivity contribution >= 4 is 11.9 Å². The van der Waals surface area contributed by atoms with Crippen molar-refractivity contribution in [2.75, 3.05) is 0 Å². The van der Waals surface area contributed by atoms with Gasteiger partial charge in [-0.1, -0.05) is 6.92 Å². The summed E-state index contributed by atoms with van der Waals surface area (Å²) in [6.07, 6.45) is 0.533. The first-order chi connectivity index (χ1) is 7.97. The lowest BCUT2D eigenvalue weighted by Crippen LogP contribution is -2.46. The lowest BCUT2D eigenvalue weighted by atomic mass is 9.97. The minimum atomic E-state index is -0.837. The topological polar surface area (TPSA) is 93.0 Å². The SMILES string of the molecule is CCC1(C)C(=O)NC(=O)N1Cc1nnn(C)n1. The molecule has 1 unspecified atom stereocenters. The largest absolute Gasteiger partial charge is 0.325 e. The van der Waals surface area contributed by atoms with Crippen LogP contribution in [0, 0.1) is 0 Å². The van der Waals surface area contributed by atoms with Crippen molar-refractivity contribution in [3.05, 3.63) is 5.82 Å². The Morgan fingerprint density at radius 1 is 1.41 bits per heavy atom. The summed E-state index contributed by atoms with van der Waals surface area (Å²) in [5, 5.41) is 13.8. The van der Waals surface area contributed by atoms with Crippen LogP contribution in [0.15, 0.2) is 0 Å². The van der Waals surface area contributed by atoms with Gasteiger partial charge >= 0.3 is 6.03 Å². The lowest BCUT2D eigenvalue weighted by molar-refractivity contribution is -0.126. The summed E-state index contributed by atoms with van der Waals surface area (Å²) >= 11 is 0. The van der Waals surface area contributed by atoms with Gasteiger partial charge in [0.15, 0.2) is 5.82 Å². The number of nitrogens with zero attached hydrogens (tertiary/aromatic N) is 5. The molecule has 1 aliphatic rings. The summed E-state index contributed by atoms with van der Waals surface area (Å²) in [5.41, 5.74) is -0.837. The fourth-order valence-corrected chi connectivity index (χ4v) is 1.77. The molecule has 2 rings (SSSR count). The second-order valence-corrected chi connectivity index (χ2v) is 4.17. The van der Waals surface area contributed by atoms with Gasteiger partial charge in [0.05, 0.1) is 13.6 Å². The number of nitrogens with one attached hydrogen (secondary N) is 1. The summed E-state index contributed by atoms with van der Waals surface area (Å²) < 4.78 is 0. The molecule has 0 radical (unpaired) electrons. The Balaban J connectivity index is 2.24. The monoisotopic (exact) mass is 238 g/mol. The number of hydrogen-bond acceptors (Lipinski definition) is 5. The van der Waals surface area contributed by atoms with Crippen LogP contribution in [0.2, 0.25) is 0 Å². The minimum absolute atomic E-state index is 0.176. The van der Waals surface area contributed by atoms with Gasteiger partial charge in [-0.25, -0.2) is 4.79 Å². The van der Waals surface area contributed by atoms with E-state index in [1.54, 1.807) is 14.0 Å². The van der Waals surface area contributed by atoms with Crippen LogP contribution in [0.1, 0.15) is 26.1 Å². The van der Waals surface area contributed by atoms with Crippen molar-refractivity contribution in [2.24, 2.45) is 7.05 Å². The second kappa shape index (κ2) is 3.79. The van der Waals surface area contributed by atoms with Crippen molar-refractivity contribution in [3.8, 4) is 0 Å². The number of urea groups is 1. The molecule has 1 atom stereocenters. The molecule has 1 aliphatic heterocycles. The van der Waals surface area contributed by atoms with Crippen molar-refractivity contribution in [1.29, 1.82) is 0 Å². The van der Waals surface area contributed by atoms with Crippen LogP contribution in [0.5, 0.6) is 0 Å². The highest BCUT2D eigenvalue weighted by Gasteiger charge is 2.48. The maximum Gasteiger partial charge on any atom is 0.325 e. The number of tetrazole rings is 1. The minimum Gasteiger partial charge on any atom is -0.302 e. The lowest BCUT2D eigenvalue weighted by Gasteiger charge is -2.29. The Morgan fingerprint density at radius 2 is 2.12 bits per heavy atom. The number of aromatic nitrogens is 4. The molecular weight excluding hydrogens is 224 g/mol. The third kappa shape index (κ3) is 1.75. The van der Waals surface area contributed by atoms with Crippen LogP contribution in [-0.2, 0) is 18.4 Å². The molecule has 2 heterocycles. The van der Waals surface area contributed by atoms with Crippen molar-refractivity contribution < 1.29 is 9.59 Å². The van der Waals surface area contributed by atoms with Gasteiger partial charge in [0.2, 0.25) is 0 Å². The average molecular weight is 238 g/mol. The van der Waals surface area contributed by atoms with E-state index in [0.717, 1.165) is 0 Å². The van der Waals surface area contributed by atoms with E-state index in [4.69, 9.17) is 0 Å². The van der Waals surface area contributed by atoms with Gasteiger partial charge < -0.3 is 4.90 Å². The van der Waals surface area contributed by atoms with E-state index >= 15 is 0 Å². The maximum absolute atomic E-state index is 11.7. The van der Waals surface area contributed by atoms with Crippen molar-refractivity contribution in [2.45, 2.75) is 32.4 Å². The second-order valence-electron chi connectivity index (χ2n) is 4.17. The van der Waals surface area contributed by atoms with Gasteiger partial charge in [-0.2, -0.15) is 4.80 Å². The normalized spacial score (nSPS) is 24.3. The number of hydrogen-bond donors (Lipinski definition) is 1. The van der Waals surface area contributed by atoms with Crippen LogP contribution >= 0.6 is 0 Å². The van der Waals surface area contributed by atoms with E-state index in [0.29, 0.717) is 12.2 Å². The van der Waals surface area contributed by atoms with Gasteiger partial charge in [-0.3, -0.25) is 10.1 Å². The Bertz CT molecular complexity index is 470. The zero-order valence-corrected chi connectivity index (χ0v) is 9.97. The summed E-state index contributed by atoms with van der Waals surface area (Å²) in [5.74, 6) is 0.130. The molecule has 17 heavy (non-hydrogen) atoms. The van der Waals surface area contributed by atoms with Crippen LogP contribution < -0.4 is 5.32 Å². The van der Waals surface area contributed by atoms with Crippen LogP contribution in [0.25, 0.3) is 0 Å². The maximum atomic E-state index is 11.7. The molecule has 8 nitrogen and oxygen atoms in total. The standard InChI is InChI=1S/C9H14N6O2/c1-4-9(2)7(16)10-8(17)15(9)5-6-11-13-14(3)12-6/h4-5H2,1-3H3,(H,10,16,17). The van der Waals surface area contributed by atoms with Crippen molar-refractivity contribution in [1.82, 2.24) is 30.4 Å². The summed E-state index contributed by atoms with van der Waals surface area (Å²) in [6.45, 7) is 3.76. The fraction of sp³-hybridized carbons (Fsp3) is 0.667. The van der Waals surface area contributed by atoms with Crippen LogP contribution in [0.3, 0.4) is 0 Å². The van der Waals surface area contributed by atoms with Gasteiger partial charge in [-0.05, 0) is 18.6 Å². The molecular formula is C9H14N6O2. The summed E-state index contributed by atoms with van der Waals surface area (Å²) in [6, 6.07) is -0.410. The molecule has 1 aromatic rings. The first-order valence-corrected chi connectivity index (χ1v) is 5.33. The number of rotatable bonds is 3. The Labute approximate surface area is 98.0 Å². The summed E-state index contributed by atoms with van der Waals surface area (Å²) in [4.78, 5) is 26.1. The number of carbonyl (C=O) groups excluding carboxylic acids is 2. The van der Waals surface area contributed by atoms with Crippen LogP contribution in [-0.4, -0.2) is 42.6 Å². The zero-order valence-electron chi connectivity index (χ0n) is 9.97. The molecule has 1 aromatic heterocycles. The smallest absolute Gasteiger partial charge is 0.302 e. The van der Waals surface area contributed by atoms with E-state index in [2.05, 4.69) is 20.7 Å². The summed E-state index contributed by atoms with van der Waals surface area (Å²) in [7, 11) is 1.64. The van der Waals surface area contributed by atoms with E-state index in [-0.39, 0.29) is 12.5 Å². The predicted molar refractivity (Wildman–Crippen MR) is 56.6 cm³/mol.